The monoisotopic (exact) mass is 342 g/mol. The molecule has 0 atom stereocenters. The van der Waals surface area contributed by atoms with Gasteiger partial charge in [0.05, 0.1) is 16.9 Å². The highest BCUT2D eigenvalue weighted by Crippen LogP contribution is 2.18. The lowest BCUT2D eigenvalue weighted by Gasteiger charge is -2.06. The van der Waals surface area contributed by atoms with Crippen LogP contribution >= 0.6 is 15.9 Å². The van der Waals surface area contributed by atoms with Crippen molar-refractivity contribution >= 4 is 27.6 Å². The summed E-state index contributed by atoms with van der Waals surface area (Å²) >= 11 is 3.22. The Morgan fingerprint density at radius 2 is 2.05 bits per heavy atom. The fraction of sp³-hybridized carbons (Fsp3) is 0.0769. The van der Waals surface area contributed by atoms with E-state index in [4.69, 9.17) is 10.5 Å². The molecule has 0 saturated heterocycles. The van der Waals surface area contributed by atoms with E-state index in [1.807, 2.05) is 0 Å². The summed E-state index contributed by atoms with van der Waals surface area (Å²) in [5.41, 5.74) is 5.05. The van der Waals surface area contributed by atoms with E-state index in [2.05, 4.69) is 20.9 Å². The highest BCUT2D eigenvalue weighted by Gasteiger charge is 2.16. The molecule has 0 amide bonds. The second kappa shape index (κ2) is 5.96. The Morgan fingerprint density at radius 1 is 1.30 bits per heavy atom. The SMILES string of the molecule is Nc1cc(C(=O)OCc2ccc(Br)cn2)c(F)cc1F. The molecule has 2 N–H and O–H groups in total. The van der Waals surface area contributed by atoms with E-state index in [9.17, 15) is 13.6 Å². The molecule has 4 nitrogen and oxygen atoms in total. The fourth-order valence-electron chi connectivity index (χ4n) is 1.43. The number of carbonyl (C=O) groups is 1. The molecule has 2 aromatic rings. The van der Waals surface area contributed by atoms with Gasteiger partial charge in [0, 0.05) is 16.7 Å². The van der Waals surface area contributed by atoms with Crippen molar-refractivity contribution in [3.8, 4) is 0 Å². The molecule has 0 spiro atoms. The van der Waals surface area contributed by atoms with Crippen LogP contribution in [0.4, 0.5) is 14.5 Å². The van der Waals surface area contributed by atoms with Crippen molar-refractivity contribution in [2.24, 2.45) is 0 Å². The lowest BCUT2D eigenvalue weighted by molar-refractivity contribution is 0.0462. The molecule has 20 heavy (non-hydrogen) atoms. The van der Waals surface area contributed by atoms with Gasteiger partial charge in [-0.2, -0.15) is 0 Å². The Labute approximate surface area is 121 Å². The van der Waals surface area contributed by atoms with Gasteiger partial charge < -0.3 is 10.5 Å². The molecular formula is C13H9BrF2N2O2. The highest BCUT2D eigenvalue weighted by atomic mass is 79.9. The Kier molecular flexibility index (Phi) is 4.29. The summed E-state index contributed by atoms with van der Waals surface area (Å²) in [6.07, 6.45) is 1.54. The smallest absolute Gasteiger partial charge is 0.341 e. The zero-order valence-corrected chi connectivity index (χ0v) is 11.7. The topological polar surface area (TPSA) is 65.2 Å². The summed E-state index contributed by atoms with van der Waals surface area (Å²) < 4.78 is 32.1. The van der Waals surface area contributed by atoms with E-state index >= 15 is 0 Å². The van der Waals surface area contributed by atoms with Gasteiger partial charge in [0.1, 0.15) is 18.2 Å². The van der Waals surface area contributed by atoms with Gasteiger partial charge >= 0.3 is 5.97 Å². The van der Waals surface area contributed by atoms with E-state index in [1.165, 1.54) is 0 Å². The lowest BCUT2D eigenvalue weighted by atomic mass is 10.2. The van der Waals surface area contributed by atoms with Crippen LogP contribution in [0, 0.1) is 11.6 Å². The first-order valence-electron chi connectivity index (χ1n) is 5.49. The number of rotatable bonds is 3. The molecule has 0 aliphatic heterocycles. The molecular weight excluding hydrogens is 334 g/mol. The van der Waals surface area contributed by atoms with Crippen LogP contribution in [0.3, 0.4) is 0 Å². The summed E-state index contributed by atoms with van der Waals surface area (Å²) in [7, 11) is 0. The minimum atomic E-state index is -1.02. The molecule has 104 valence electrons. The van der Waals surface area contributed by atoms with Crippen LogP contribution in [-0.2, 0) is 11.3 Å². The van der Waals surface area contributed by atoms with Crippen LogP contribution < -0.4 is 5.73 Å². The van der Waals surface area contributed by atoms with Crippen molar-refractivity contribution in [3.63, 3.8) is 0 Å². The van der Waals surface area contributed by atoms with Gasteiger partial charge in [-0.3, -0.25) is 4.98 Å². The minimum absolute atomic E-state index is 0.122. The van der Waals surface area contributed by atoms with Crippen LogP contribution in [0.25, 0.3) is 0 Å². The highest BCUT2D eigenvalue weighted by molar-refractivity contribution is 9.10. The Balaban J connectivity index is 2.09. The number of ether oxygens (including phenoxy) is 1. The van der Waals surface area contributed by atoms with Gasteiger partial charge in [-0.05, 0) is 34.1 Å². The Hall–Kier alpha value is -2.02. The number of nitrogens with two attached hydrogens (primary N) is 1. The largest absolute Gasteiger partial charge is 0.456 e. The molecule has 1 aromatic carbocycles. The molecule has 0 saturated carbocycles. The number of nitrogen functional groups attached to an aromatic ring is 1. The number of hydrogen-bond acceptors (Lipinski definition) is 4. The summed E-state index contributed by atoms with van der Waals surface area (Å²) in [5.74, 6) is -2.88. The number of nitrogens with zero attached hydrogens (tertiary/aromatic N) is 1. The van der Waals surface area contributed by atoms with Crippen LogP contribution in [0.15, 0.2) is 34.9 Å². The van der Waals surface area contributed by atoms with Crippen molar-refractivity contribution in [1.82, 2.24) is 4.98 Å². The van der Waals surface area contributed by atoms with Gasteiger partial charge in [-0.1, -0.05) is 0 Å². The van der Waals surface area contributed by atoms with Crippen molar-refractivity contribution in [1.29, 1.82) is 0 Å². The first-order chi connectivity index (χ1) is 9.47. The maximum atomic E-state index is 13.4. The number of benzene rings is 1. The maximum absolute atomic E-state index is 13.4. The third-order valence-corrected chi connectivity index (χ3v) is 2.92. The summed E-state index contributed by atoms with van der Waals surface area (Å²) in [6.45, 7) is -0.122. The van der Waals surface area contributed by atoms with E-state index in [0.717, 1.165) is 10.5 Å². The average Bonchev–Trinajstić information content (AvgIpc) is 2.42. The summed E-state index contributed by atoms with van der Waals surface area (Å²) in [4.78, 5) is 15.7. The third-order valence-electron chi connectivity index (χ3n) is 2.45. The maximum Gasteiger partial charge on any atom is 0.341 e. The Bertz CT molecular complexity index is 648. The first kappa shape index (κ1) is 14.4. The molecule has 0 aliphatic carbocycles. The number of hydrogen-bond donors (Lipinski definition) is 1. The average molecular weight is 343 g/mol. The van der Waals surface area contributed by atoms with Crippen molar-refractivity contribution in [3.05, 3.63) is 57.8 Å². The third kappa shape index (κ3) is 3.30. The van der Waals surface area contributed by atoms with Crippen LogP contribution in [0.5, 0.6) is 0 Å². The zero-order chi connectivity index (χ0) is 14.7. The fourth-order valence-corrected chi connectivity index (χ4v) is 1.67. The van der Waals surface area contributed by atoms with E-state index in [0.29, 0.717) is 11.8 Å². The van der Waals surface area contributed by atoms with Gasteiger partial charge in [-0.15, -0.1) is 0 Å². The molecule has 0 unspecified atom stereocenters. The summed E-state index contributed by atoms with van der Waals surface area (Å²) in [6, 6.07) is 4.82. The van der Waals surface area contributed by atoms with Crippen LogP contribution in [0.1, 0.15) is 16.1 Å². The number of anilines is 1. The number of carbonyl (C=O) groups excluding carboxylic acids is 1. The Morgan fingerprint density at radius 3 is 2.70 bits per heavy atom. The number of esters is 1. The van der Waals surface area contributed by atoms with Gasteiger partial charge in [0.25, 0.3) is 0 Å². The number of halogens is 3. The second-order valence-electron chi connectivity index (χ2n) is 3.90. The van der Waals surface area contributed by atoms with Crippen molar-refractivity contribution in [2.75, 3.05) is 5.73 Å². The van der Waals surface area contributed by atoms with Crippen molar-refractivity contribution in [2.45, 2.75) is 6.61 Å². The lowest BCUT2D eigenvalue weighted by Crippen LogP contribution is -2.09. The number of pyridine rings is 1. The second-order valence-corrected chi connectivity index (χ2v) is 4.81. The standard InChI is InChI=1S/C13H9BrF2N2O2/c14-7-1-2-8(18-5-7)6-20-13(19)9-3-12(17)11(16)4-10(9)15/h1-5H,6,17H2. The first-order valence-corrected chi connectivity index (χ1v) is 6.28. The quantitative estimate of drug-likeness (QED) is 0.687. The molecule has 7 heteroatoms. The van der Waals surface area contributed by atoms with E-state index < -0.39 is 23.2 Å². The normalized spacial score (nSPS) is 10.3. The van der Waals surface area contributed by atoms with Crippen molar-refractivity contribution < 1.29 is 18.3 Å². The van der Waals surface area contributed by atoms with Gasteiger partial charge in [0.15, 0.2) is 0 Å². The molecule has 0 radical (unpaired) electrons. The predicted molar refractivity (Wildman–Crippen MR) is 71.8 cm³/mol. The molecule has 1 heterocycles. The zero-order valence-electron chi connectivity index (χ0n) is 10.1. The molecule has 1 aromatic heterocycles. The van der Waals surface area contributed by atoms with Crippen LogP contribution in [-0.4, -0.2) is 11.0 Å². The van der Waals surface area contributed by atoms with E-state index in [1.54, 1.807) is 18.3 Å². The molecule has 0 aliphatic rings. The molecule has 0 bridgehead atoms. The van der Waals surface area contributed by atoms with Gasteiger partial charge in [-0.25, -0.2) is 13.6 Å². The molecule has 2 rings (SSSR count). The number of aromatic nitrogens is 1. The van der Waals surface area contributed by atoms with Crippen LogP contribution in [0.2, 0.25) is 0 Å². The van der Waals surface area contributed by atoms with Gasteiger partial charge in [0.2, 0.25) is 0 Å². The minimum Gasteiger partial charge on any atom is -0.456 e. The summed E-state index contributed by atoms with van der Waals surface area (Å²) in [5, 5.41) is 0. The van der Waals surface area contributed by atoms with E-state index in [-0.39, 0.29) is 12.3 Å². The predicted octanol–water partition coefficient (Wildman–Crippen LogP) is 3.06. The molecule has 0 fully saturated rings.